The van der Waals surface area contributed by atoms with Crippen LogP contribution in [-0.2, 0) is 0 Å². The standard InChI is InChI=1S/C16H25Cl2N3/c1-5-7-19-14-12(17)9-13(18)15(20-14)21-8-6-11(10-21)16(2,3)4/h9,11H,5-8,10H2,1-4H3,(H,19,20). The molecule has 2 heterocycles. The molecule has 1 N–H and O–H groups in total. The molecule has 1 aliphatic heterocycles. The molecule has 1 atom stereocenters. The largest absolute Gasteiger partial charge is 0.369 e. The first kappa shape index (κ1) is 16.7. The van der Waals surface area contributed by atoms with Crippen molar-refractivity contribution in [1.29, 1.82) is 0 Å². The van der Waals surface area contributed by atoms with E-state index in [9.17, 15) is 0 Å². The summed E-state index contributed by atoms with van der Waals surface area (Å²) in [5.41, 5.74) is 0.316. The van der Waals surface area contributed by atoms with Gasteiger partial charge in [0.1, 0.15) is 11.6 Å². The number of pyridine rings is 1. The Labute approximate surface area is 138 Å². The first-order valence-corrected chi connectivity index (χ1v) is 8.43. The van der Waals surface area contributed by atoms with E-state index in [-0.39, 0.29) is 0 Å². The van der Waals surface area contributed by atoms with Gasteiger partial charge in [-0.1, -0.05) is 50.9 Å². The molecule has 1 unspecified atom stereocenters. The second kappa shape index (κ2) is 6.62. The molecule has 21 heavy (non-hydrogen) atoms. The molecule has 0 spiro atoms. The fraction of sp³-hybridized carbons (Fsp3) is 0.688. The van der Waals surface area contributed by atoms with Crippen LogP contribution >= 0.6 is 23.2 Å². The quantitative estimate of drug-likeness (QED) is 0.834. The summed E-state index contributed by atoms with van der Waals surface area (Å²) in [6.07, 6.45) is 2.22. The van der Waals surface area contributed by atoms with Crippen molar-refractivity contribution in [3.05, 3.63) is 16.1 Å². The van der Waals surface area contributed by atoms with Crippen molar-refractivity contribution in [3.8, 4) is 0 Å². The second-order valence-electron chi connectivity index (χ2n) is 6.85. The van der Waals surface area contributed by atoms with E-state index < -0.39 is 0 Å². The van der Waals surface area contributed by atoms with E-state index in [1.807, 2.05) is 0 Å². The summed E-state index contributed by atoms with van der Waals surface area (Å²) in [5.74, 6) is 2.25. The molecule has 0 radical (unpaired) electrons. The number of hydrogen-bond acceptors (Lipinski definition) is 3. The molecule has 2 rings (SSSR count). The van der Waals surface area contributed by atoms with Gasteiger partial charge in [0, 0.05) is 19.6 Å². The topological polar surface area (TPSA) is 28.2 Å². The van der Waals surface area contributed by atoms with Crippen molar-refractivity contribution < 1.29 is 0 Å². The van der Waals surface area contributed by atoms with Gasteiger partial charge in [-0.15, -0.1) is 0 Å². The first-order valence-electron chi connectivity index (χ1n) is 7.67. The van der Waals surface area contributed by atoms with Gasteiger partial charge in [-0.25, -0.2) is 4.98 Å². The Morgan fingerprint density at radius 1 is 1.33 bits per heavy atom. The van der Waals surface area contributed by atoms with E-state index in [1.54, 1.807) is 6.07 Å². The van der Waals surface area contributed by atoms with Gasteiger partial charge in [0.05, 0.1) is 10.0 Å². The number of hydrogen-bond donors (Lipinski definition) is 1. The zero-order chi connectivity index (χ0) is 15.6. The summed E-state index contributed by atoms with van der Waals surface area (Å²) in [6, 6.07) is 1.80. The predicted octanol–water partition coefficient (Wildman–Crippen LogP) is 5.08. The van der Waals surface area contributed by atoms with Crippen molar-refractivity contribution in [1.82, 2.24) is 4.98 Å². The van der Waals surface area contributed by atoms with Gasteiger partial charge in [0.15, 0.2) is 0 Å². The van der Waals surface area contributed by atoms with E-state index in [0.717, 1.165) is 37.7 Å². The SMILES string of the molecule is CCCNc1nc(N2CCC(C(C)(C)C)C2)c(Cl)cc1Cl. The van der Waals surface area contributed by atoms with Crippen molar-refractivity contribution in [3.63, 3.8) is 0 Å². The van der Waals surface area contributed by atoms with Gasteiger partial charge in [0.2, 0.25) is 0 Å². The Hall–Kier alpha value is -0.670. The third-order valence-electron chi connectivity index (χ3n) is 4.17. The minimum Gasteiger partial charge on any atom is -0.369 e. The number of halogens is 2. The number of aromatic nitrogens is 1. The molecule has 0 aromatic carbocycles. The molecule has 0 bridgehead atoms. The van der Waals surface area contributed by atoms with E-state index in [1.165, 1.54) is 6.42 Å². The van der Waals surface area contributed by atoms with Crippen LogP contribution in [0.1, 0.15) is 40.5 Å². The van der Waals surface area contributed by atoms with Crippen LogP contribution < -0.4 is 10.2 Å². The minimum absolute atomic E-state index is 0.316. The summed E-state index contributed by atoms with van der Waals surface area (Å²) in [4.78, 5) is 6.94. The molecule has 1 aromatic heterocycles. The molecule has 0 amide bonds. The summed E-state index contributed by atoms with van der Waals surface area (Å²) in [7, 11) is 0. The lowest BCUT2D eigenvalue weighted by Crippen LogP contribution is -2.26. The first-order chi connectivity index (χ1) is 9.82. The third-order valence-corrected chi connectivity index (χ3v) is 4.73. The van der Waals surface area contributed by atoms with Crippen LogP contribution in [0.4, 0.5) is 11.6 Å². The molecule has 3 nitrogen and oxygen atoms in total. The van der Waals surface area contributed by atoms with Crippen LogP contribution in [0, 0.1) is 11.3 Å². The summed E-state index contributed by atoms with van der Waals surface area (Å²) < 4.78 is 0. The van der Waals surface area contributed by atoms with Gasteiger partial charge in [0.25, 0.3) is 0 Å². The monoisotopic (exact) mass is 329 g/mol. The highest BCUT2D eigenvalue weighted by atomic mass is 35.5. The Kier molecular flexibility index (Phi) is 5.26. The van der Waals surface area contributed by atoms with Crippen molar-refractivity contribution in [2.45, 2.75) is 40.5 Å². The fourth-order valence-electron chi connectivity index (χ4n) is 2.71. The molecular formula is C16H25Cl2N3. The van der Waals surface area contributed by atoms with Crippen molar-refractivity contribution in [2.24, 2.45) is 11.3 Å². The molecule has 1 saturated heterocycles. The van der Waals surface area contributed by atoms with Gasteiger partial charge < -0.3 is 10.2 Å². The highest BCUT2D eigenvalue weighted by molar-refractivity contribution is 6.37. The molecule has 5 heteroatoms. The van der Waals surface area contributed by atoms with E-state index >= 15 is 0 Å². The summed E-state index contributed by atoms with van der Waals surface area (Å²) >= 11 is 12.6. The zero-order valence-corrected chi connectivity index (χ0v) is 14.9. The Bertz CT molecular complexity index is 497. The maximum Gasteiger partial charge on any atom is 0.149 e. The number of nitrogens with zero attached hydrogens (tertiary/aromatic N) is 2. The lowest BCUT2D eigenvalue weighted by atomic mass is 9.80. The van der Waals surface area contributed by atoms with Crippen LogP contribution in [-0.4, -0.2) is 24.6 Å². The van der Waals surface area contributed by atoms with Gasteiger partial charge in [-0.2, -0.15) is 0 Å². The van der Waals surface area contributed by atoms with Crippen LogP contribution in [0.25, 0.3) is 0 Å². The maximum absolute atomic E-state index is 6.36. The third kappa shape index (κ3) is 3.95. The maximum atomic E-state index is 6.36. The van der Waals surface area contributed by atoms with Crippen molar-refractivity contribution in [2.75, 3.05) is 29.9 Å². The Morgan fingerprint density at radius 3 is 2.62 bits per heavy atom. The minimum atomic E-state index is 0.316. The fourth-order valence-corrected chi connectivity index (χ4v) is 3.25. The zero-order valence-electron chi connectivity index (χ0n) is 13.3. The lowest BCUT2D eigenvalue weighted by Gasteiger charge is -2.27. The average Bonchev–Trinajstić information content (AvgIpc) is 2.87. The number of nitrogens with one attached hydrogen (secondary N) is 1. The molecular weight excluding hydrogens is 305 g/mol. The summed E-state index contributed by atoms with van der Waals surface area (Å²) in [6.45, 7) is 11.9. The summed E-state index contributed by atoms with van der Waals surface area (Å²) in [5, 5.41) is 4.49. The smallest absolute Gasteiger partial charge is 0.149 e. The number of rotatable bonds is 4. The molecule has 118 valence electrons. The van der Waals surface area contributed by atoms with Gasteiger partial charge >= 0.3 is 0 Å². The van der Waals surface area contributed by atoms with Crippen LogP contribution in [0.2, 0.25) is 10.0 Å². The van der Waals surface area contributed by atoms with Crippen molar-refractivity contribution >= 4 is 34.8 Å². The average molecular weight is 330 g/mol. The van der Waals surface area contributed by atoms with E-state index in [2.05, 4.69) is 42.9 Å². The Morgan fingerprint density at radius 2 is 2.05 bits per heavy atom. The highest BCUT2D eigenvalue weighted by Gasteiger charge is 2.33. The molecule has 0 saturated carbocycles. The van der Waals surface area contributed by atoms with Gasteiger partial charge in [-0.05, 0) is 30.2 Å². The van der Waals surface area contributed by atoms with Crippen LogP contribution in [0.5, 0.6) is 0 Å². The van der Waals surface area contributed by atoms with Gasteiger partial charge in [-0.3, -0.25) is 0 Å². The van der Waals surface area contributed by atoms with E-state index in [0.29, 0.717) is 21.4 Å². The lowest BCUT2D eigenvalue weighted by molar-refractivity contribution is 0.263. The molecule has 0 aliphatic carbocycles. The van der Waals surface area contributed by atoms with E-state index in [4.69, 9.17) is 23.2 Å². The highest BCUT2D eigenvalue weighted by Crippen LogP contribution is 2.38. The molecule has 1 fully saturated rings. The van der Waals surface area contributed by atoms with Crippen LogP contribution in [0.15, 0.2) is 6.07 Å². The predicted molar refractivity (Wildman–Crippen MR) is 92.8 cm³/mol. The van der Waals surface area contributed by atoms with Crippen LogP contribution in [0.3, 0.4) is 0 Å². The molecule has 1 aromatic rings. The molecule has 1 aliphatic rings. The Balaban J connectivity index is 2.20. The second-order valence-corrected chi connectivity index (χ2v) is 7.66. The number of anilines is 2. The normalized spacial score (nSPS) is 19.1.